The fraction of sp³-hybridized carbons (Fsp3) is 0.357. The van der Waals surface area contributed by atoms with Crippen LogP contribution in [0, 0.1) is 17.5 Å². The van der Waals surface area contributed by atoms with Crippen LogP contribution in [0.15, 0.2) is 23.9 Å². The molecule has 0 radical (unpaired) electrons. The SMILES string of the molecule is CCCCOC(=O)/C=C(\N)Cc1cc(F)c(F)cc1F. The summed E-state index contributed by atoms with van der Waals surface area (Å²) in [5, 5.41) is 0. The van der Waals surface area contributed by atoms with Crippen LogP contribution in [0.1, 0.15) is 25.3 Å². The van der Waals surface area contributed by atoms with E-state index in [9.17, 15) is 18.0 Å². The van der Waals surface area contributed by atoms with Gasteiger partial charge in [0.2, 0.25) is 0 Å². The standard InChI is InChI=1S/C14H16F3NO2/c1-2-3-4-20-14(19)7-10(18)5-9-6-12(16)13(17)8-11(9)15/h6-8H,2-5,18H2,1H3/b10-7-. The van der Waals surface area contributed by atoms with E-state index in [0.717, 1.165) is 18.9 Å². The highest BCUT2D eigenvalue weighted by Gasteiger charge is 2.11. The number of hydrogen-bond acceptors (Lipinski definition) is 3. The minimum atomic E-state index is -1.27. The molecular formula is C14H16F3NO2. The second-order valence-electron chi connectivity index (χ2n) is 4.27. The average molecular weight is 287 g/mol. The highest BCUT2D eigenvalue weighted by atomic mass is 19.2. The molecule has 1 rings (SSSR count). The molecule has 0 unspecified atom stereocenters. The van der Waals surface area contributed by atoms with Crippen LogP contribution in [0.4, 0.5) is 13.2 Å². The molecule has 0 amide bonds. The molecule has 0 atom stereocenters. The number of ether oxygens (including phenoxy) is 1. The predicted molar refractivity (Wildman–Crippen MR) is 68.2 cm³/mol. The highest BCUT2D eigenvalue weighted by Crippen LogP contribution is 2.15. The molecule has 0 heterocycles. The smallest absolute Gasteiger partial charge is 0.332 e. The number of benzene rings is 1. The second-order valence-corrected chi connectivity index (χ2v) is 4.27. The maximum Gasteiger partial charge on any atom is 0.332 e. The lowest BCUT2D eigenvalue weighted by Gasteiger charge is -2.05. The molecule has 0 saturated carbocycles. The first-order chi connectivity index (χ1) is 9.43. The van der Waals surface area contributed by atoms with Gasteiger partial charge in [0.05, 0.1) is 6.61 Å². The third-order valence-electron chi connectivity index (χ3n) is 2.53. The quantitative estimate of drug-likeness (QED) is 0.379. The first-order valence-electron chi connectivity index (χ1n) is 6.20. The molecule has 6 heteroatoms. The number of carbonyl (C=O) groups excluding carboxylic acids is 1. The molecule has 0 spiro atoms. The zero-order valence-electron chi connectivity index (χ0n) is 11.1. The Morgan fingerprint density at radius 1 is 1.25 bits per heavy atom. The Morgan fingerprint density at radius 3 is 2.55 bits per heavy atom. The number of hydrogen-bond donors (Lipinski definition) is 1. The Labute approximate surface area is 115 Å². The molecule has 0 aliphatic carbocycles. The molecule has 110 valence electrons. The first kappa shape index (κ1) is 16.1. The van der Waals surface area contributed by atoms with Crippen molar-refractivity contribution in [2.24, 2.45) is 5.73 Å². The predicted octanol–water partition coefficient (Wildman–Crippen LogP) is 2.83. The van der Waals surface area contributed by atoms with E-state index in [1.165, 1.54) is 0 Å². The Kier molecular flexibility index (Phi) is 6.09. The third kappa shape index (κ3) is 4.95. The Balaban J connectivity index is 2.68. The van der Waals surface area contributed by atoms with E-state index in [2.05, 4.69) is 0 Å². The van der Waals surface area contributed by atoms with Gasteiger partial charge in [-0.1, -0.05) is 13.3 Å². The number of nitrogens with two attached hydrogens (primary N) is 1. The molecule has 0 saturated heterocycles. The Bertz CT molecular complexity index is 515. The number of unbranched alkanes of at least 4 members (excludes halogenated alkanes) is 1. The van der Waals surface area contributed by atoms with Crippen molar-refractivity contribution < 1.29 is 22.7 Å². The van der Waals surface area contributed by atoms with Crippen LogP contribution in [0.2, 0.25) is 0 Å². The van der Waals surface area contributed by atoms with Crippen LogP contribution in [0.3, 0.4) is 0 Å². The minimum absolute atomic E-state index is 0.0106. The molecule has 0 bridgehead atoms. The lowest BCUT2D eigenvalue weighted by molar-refractivity contribution is -0.137. The van der Waals surface area contributed by atoms with Gasteiger partial charge in [-0.25, -0.2) is 18.0 Å². The summed E-state index contributed by atoms with van der Waals surface area (Å²) in [4.78, 5) is 11.3. The number of carbonyl (C=O) groups is 1. The molecular weight excluding hydrogens is 271 g/mol. The van der Waals surface area contributed by atoms with Crippen molar-refractivity contribution in [1.82, 2.24) is 0 Å². The van der Waals surface area contributed by atoms with Crippen molar-refractivity contribution in [1.29, 1.82) is 0 Å². The van der Waals surface area contributed by atoms with Gasteiger partial charge in [0.1, 0.15) is 5.82 Å². The summed E-state index contributed by atoms with van der Waals surface area (Å²) < 4.78 is 43.9. The van der Waals surface area contributed by atoms with Gasteiger partial charge >= 0.3 is 5.97 Å². The number of esters is 1. The van der Waals surface area contributed by atoms with Crippen LogP contribution in [0.25, 0.3) is 0 Å². The Hall–Kier alpha value is -1.98. The third-order valence-corrected chi connectivity index (χ3v) is 2.53. The van der Waals surface area contributed by atoms with Gasteiger partial charge in [0, 0.05) is 24.3 Å². The summed E-state index contributed by atoms with van der Waals surface area (Å²) in [6.07, 6.45) is 2.42. The van der Waals surface area contributed by atoms with E-state index in [1.807, 2.05) is 6.92 Å². The summed E-state index contributed by atoms with van der Waals surface area (Å²) in [6, 6.07) is 1.16. The van der Waals surface area contributed by atoms with Crippen LogP contribution in [-0.4, -0.2) is 12.6 Å². The van der Waals surface area contributed by atoms with Crippen molar-refractivity contribution in [2.75, 3.05) is 6.61 Å². The normalized spacial score (nSPS) is 11.5. The Morgan fingerprint density at radius 2 is 1.90 bits per heavy atom. The topological polar surface area (TPSA) is 52.3 Å². The summed E-state index contributed by atoms with van der Waals surface area (Å²) in [5.74, 6) is -3.99. The molecule has 0 aliphatic rings. The van der Waals surface area contributed by atoms with E-state index in [4.69, 9.17) is 10.5 Å². The second kappa shape index (κ2) is 7.57. The van der Waals surface area contributed by atoms with Gasteiger partial charge in [0.15, 0.2) is 11.6 Å². The first-order valence-corrected chi connectivity index (χ1v) is 6.20. The molecule has 1 aromatic rings. The molecule has 3 nitrogen and oxygen atoms in total. The summed E-state index contributed by atoms with van der Waals surface area (Å²) in [7, 11) is 0. The van der Waals surface area contributed by atoms with Gasteiger partial charge in [-0.05, 0) is 18.1 Å². The fourth-order valence-corrected chi connectivity index (χ4v) is 1.48. The van der Waals surface area contributed by atoms with Crippen LogP contribution in [0.5, 0.6) is 0 Å². The lowest BCUT2D eigenvalue weighted by atomic mass is 10.1. The van der Waals surface area contributed by atoms with E-state index >= 15 is 0 Å². The van der Waals surface area contributed by atoms with Crippen molar-refractivity contribution >= 4 is 5.97 Å². The van der Waals surface area contributed by atoms with E-state index in [-0.39, 0.29) is 24.3 Å². The van der Waals surface area contributed by atoms with Crippen molar-refractivity contribution in [2.45, 2.75) is 26.2 Å². The highest BCUT2D eigenvalue weighted by molar-refractivity contribution is 5.82. The van der Waals surface area contributed by atoms with Crippen LogP contribution >= 0.6 is 0 Å². The lowest BCUT2D eigenvalue weighted by Crippen LogP contribution is -2.10. The van der Waals surface area contributed by atoms with Gasteiger partial charge in [-0.15, -0.1) is 0 Å². The molecule has 0 fully saturated rings. The number of halogens is 3. The van der Waals surface area contributed by atoms with Crippen molar-refractivity contribution in [3.63, 3.8) is 0 Å². The minimum Gasteiger partial charge on any atom is -0.462 e. The van der Waals surface area contributed by atoms with Gasteiger partial charge in [-0.3, -0.25) is 0 Å². The summed E-state index contributed by atoms with van der Waals surface area (Å²) in [5.41, 5.74) is 5.43. The zero-order valence-corrected chi connectivity index (χ0v) is 11.1. The van der Waals surface area contributed by atoms with Crippen LogP contribution < -0.4 is 5.73 Å². The summed E-state index contributed by atoms with van der Waals surface area (Å²) >= 11 is 0. The molecule has 0 aliphatic heterocycles. The van der Waals surface area contributed by atoms with Gasteiger partial charge < -0.3 is 10.5 Å². The van der Waals surface area contributed by atoms with E-state index in [1.54, 1.807) is 0 Å². The van der Waals surface area contributed by atoms with Crippen molar-refractivity contribution in [3.05, 3.63) is 46.9 Å². The summed E-state index contributed by atoms with van der Waals surface area (Å²) in [6.45, 7) is 2.22. The molecule has 20 heavy (non-hydrogen) atoms. The van der Waals surface area contributed by atoms with E-state index in [0.29, 0.717) is 12.1 Å². The van der Waals surface area contributed by atoms with Gasteiger partial charge in [-0.2, -0.15) is 0 Å². The average Bonchev–Trinajstić information content (AvgIpc) is 2.36. The zero-order chi connectivity index (χ0) is 15.1. The monoisotopic (exact) mass is 287 g/mol. The van der Waals surface area contributed by atoms with Crippen molar-refractivity contribution in [3.8, 4) is 0 Å². The number of rotatable bonds is 6. The van der Waals surface area contributed by atoms with Gasteiger partial charge in [0.25, 0.3) is 0 Å². The maximum absolute atomic E-state index is 13.4. The fourth-order valence-electron chi connectivity index (χ4n) is 1.48. The largest absolute Gasteiger partial charge is 0.462 e. The van der Waals surface area contributed by atoms with Crippen LogP contribution in [-0.2, 0) is 16.0 Å². The molecule has 1 aromatic carbocycles. The maximum atomic E-state index is 13.4. The molecule has 0 aromatic heterocycles. The number of allylic oxidation sites excluding steroid dienone is 1. The van der Waals surface area contributed by atoms with E-state index < -0.39 is 23.4 Å². The molecule has 2 N–H and O–H groups in total.